The minimum atomic E-state index is -0.671. The average molecular weight is 497 g/mol. The highest BCUT2D eigenvalue weighted by Gasteiger charge is 2.29. The molecular weight excluding hydrogens is 460 g/mol. The molecule has 35 heavy (non-hydrogen) atoms. The van der Waals surface area contributed by atoms with Crippen LogP contribution in [0.2, 0.25) is 0 Å². The van der Waals surface area contributed by atoms with Crippen LogP contribution in [0.3, 0.4) is 0 Å². The van der Waals surface area contributed by atoms with Crippen LogP contribution in [0.15, 0.2) is 48.0 Å². The van der Waals surface area contributed by atoms with Gasteiger partial charge in [-0.1, -0.05) is 51.0 Å². The van der Waals surface area contributed by atoms with E-state index in [1.807, 2.05) is 41.9 Å². The van der Waals surface area contributed by atoms with Gasteiger partial charge in [-0.15, -0.1) is 11.3 Å². The van der Waals surface area contributed by atoms with Crippen molar-refractivity contribution in [1.82, 2.24) is 20.5 Å². The number of benzene rings is 1. The maximum atomic E-state index is 13.5. The van der Waals surface area contributed by atoms with Crippen molar-refractivity contribution < 1.29 is 14.3 Å². The molecule has 4 rings (SSSR count). The van der Waals surface area contributed by atoms with Crippen LogP contribution in [0.25, 0.3) is 10.9 Å². The Labute approximate surface area is 211 Å². The molecule has 3 N–H and O–H groups in total. The molecule has 0 unspecified atom stereocenters. The molecule has 0 spiro atoms. The normalized spacial score (nSPS) is 16.3. The summed E-state index contributed by atoms with van der Waals surface area (Å²) in [7, 11) is 0. The number of thiophene rings is 1. The van der Waals surface area contributed by atoms with Gasteiger partial charge in [0.15, 0.2) is 0 Å². The quantitative estimate of drug-likeness (QED) is 0.377. The molecule has 2 atom stereocenters. The van der Waals surface area contributed by atoms with Crippen LogP contribution in [-0.2, 0) is 16.0 Å². The Bertz CT molecular complexity index is 1090. The highest BCUT2D eigenvalue weighted by atomic mass is 32.1. The van der Waals surface area contributed by atoms with E-state index in [0.717, 1.165) is 55.6 Å². The first-order valence-electron chi connectivity index (χ1n) is 12.6. The number of H-pyrrole nitrogens is 1. The van der Waals surface area contributed by atoms with Crippen molar-refractivity contribution in [3.8, 4) is 0 Å². The lowest BCUT2D eigenvalue weighted by molar-refractivity contribution is -0.123. The number of nitrogens with one attached hydrogen (secondary N) is 3. The van der Waals surface area contributed by atoms with Gasteiger partial charge in [0.2, 0.25) is 5.91 Å². The first-order chi connectivity index (χ1) is 17.1. The largest absolute Gasteiger partial charge is 0.379 e. The second-order valence-corrected chi connectivity index (χ2v) is 10.1. The van der Waals surface area contributed by atoms with Crippen LogP contribution in [0.5, 0.6) is 0 Å². The summed E-state index contributed by atoms with van der Waals surface area (Å²) in [5.41, 5.74) is 2.03. The van der Waals surface area contributed by atoms with Crippen molar-refractivity contribution in [2.24, 2.45) is 5.92 Å². The molecule has 188 valence electrons. The summed E-state index contributed by atoms with van der Waals surface area (Å²) in [6.45, 7) is 8.20. The summed E-state index contributed by atoms with van der Waals surface area (Å²) in [4.78, 5) is 32.7. The van der Waals surface area contributed by atoms with Crippen molar-refractivity contribution in [1.29, 1.82) is 0 Å². The second kappa shape index (κ2) is 12.3. The number of aromatic nitrogens is 1. The Morgan fingerprint density at radius 3 is 2.60 bits per heavy atom. The molecule has 3 aromatic rings. The number of fused-ring (bicyclic) bond motifs is 1. The Morgan fingerprint density at radius 1 is 1.11 bits per heavy atom. The molecule has 0 aliphatic carbocycles. The third kappa shape index (κ3) is 6.31. The van der Waals surface area contributed by atoms with Crippen LogP contribution in [0, 0.1) is 5.92 Å². The fourth-order valence-electron chi connectivity index (χ4n) is 5.03. The molecule has 0 saturated carbocycles. The summed E-state index contributed by atoms with van der Waals surface area (Å²) < 4.78 is 5.56. The number of aromatic amines is 1. The SMILES string of the molecule is CCC(CC)[C@H](CNC(=O)[C@@H](Cc1c[nH]c2ccccc12)NC(=O)c1cccs1)N1CCOCC1. The zero-order chi connectivity index (χ0) is 24.6. The van der Waals surface area contributed by atoms with Gasteiger partial charge in [0.05, 0.1) is 18.1 Å². The molecule has 1 aliphatic heterocycles. The fraction of sp³-hybridized carbons (Fsp3) is 0.481. The lowest BCUT2D eigenvalue weighted by Gasteiger charge is -2.39. The number of para-hydroxylation sites is 1. The molecule has 1 aromatic carbocycles. The summed E-state index contributed by atoms with van der Waals surface area (Å²) in [6.07, 6.45) is 4.47. The van der Waals surface area contributed by atoms with Gasteiger partial charge in [-0.3, -0.25) is 14.5 Å². The summed E-state index contributed by atoms with van der Waals surface area (Å²) in [5, 5.41) is 9.13. The number of carbonyl (C=O) groups is 2. The Hall–Kier alpha value is -2.68. The van der Waals surface area contributed by atoms with E-state index in [9.17, 15) is 9.59 Å². The first kappa shape index (κ1) is 25.4. The van der Waals surface area contributed by atoms with Crippen LogP contribution in [0.1, 0.15) is 41.9 Å². The minimum absolute atomic E-state index is 0.149. The number of hydrogen-bond donors (Lipinski definition) is 3. The van der Waals surface area contributed by atoms with Crippen LogP contribution >= 0.6 is 11.3 Å². The molecular formula is C27H36N4O3S. The van der Waals surface area contributed by atoms with E-state index >= 15 is 0 Å². The molecule has 1 aliphatic rings. The monoisotopic (exact) mass is 496 g/mol. The van der Waals surface area contributed by atoms with E-state index in [-0.39, 0.29) is 17.9 Å². The standard InChI is InChI=1S/C27H36N4O3S/c1-3-19(4-2)24(31-11-13-34-14-12-31)18-29-26(32)23(30-27(33)25-10-7-15-35-25)16-20-17-28-22-9-6-5-8-21(20)22/h5-10,15,17,19,23-24,28H,3-4,11-14,16,18H2,1-2H3,(H,29,32)(H,30,33)/t23-,24+/m1/s1. The van der Waals surface area contributed by atoms with Crippen molar-refractivity contribution in [2.75, 3.05) is 32.8 Å². The van der Waals surface area contributed by atoms with Crippen LogP contribution in [-0.4, -0.2) is 66.6 Å². The van der Waals surface area contributed by atoms with Gasteiger partial charge >= 0.3 is 0 Å². The number of carbonyl (C=O) groups excluding carboxylic acids is 2. The molecule has 7 nitrogen and oxygen atoms in total. The van der Waals surface area contributed by atoms with Gasteiger partial charge in [-0.2, -0.15) is 0 Å². The Kier molecular flexibility index (Phi) is 8.95. The molecule has 0 bridgehead atoms. The Balaban J connectivity index is 1.50. The highest BCUT2D eigenvalue weighted by molar-refractivity contribution is 7.12. The van der Waals surface area contributed by atoms with Gasteiger partial charge < -0.3 is 20.4 Å². The summed E-state index contributed by atoms with van der Waals surface area (Å²) >= 11 is 1.37. The molecule has 1 saturated heterocycles. The molecule has 1 fully saturated rings. The third-order valence-electron chi connectivity index (χ3n) is 7.06. The average Bonchev–Trinajstić information content (AvgIpc) is 3.57. The lowest BCUT2D eigenvalue weighted by Crippen LogP contribution is -2.55. The van der Waals surface area contributed by atoms with Crippen molar-refractivity contribution in [2.45, 2.75) is 45.2 Å². The molecule has 3 heterocycles. The number of hydrogen-bond acceptors (Lipinski definition) is 5. The van der Waals surface area contributed by atoms with E-state index in [1.165, 1.54) is 11.3 Å². The van der Waals surface area contributed by atoms with Crippen molar-refractivity contribution >= 4 is 34.1 Å². The van der Waals surface area contributed by atoms with Gasteiger partial charge in [0.1, 0.15) is 6.04 Å². The minimum Gasteiger partial charge on any atom is -0.379 e. The topological polar surface area (TPSA) is 86.5 Å². The van der Waals surface area contributed by atoms with Gasteiger partial charge in [-0.25, -0.2) is 0 Å². The van der Waals surface area contributed by atoms with E-state index in [2.05, 4.69) is 34.4 Å². The molecule has 2 aromatic heterocycles. The van der Waals surface area contributed by atoms with E-state index in [1.54, 1.807) is 6.07 Å². The second-order valence-electron chi connectivity index (χ2n) is 9.10. The summed E-state index contributed by atoms with van der Waals surface area (Å²) in [6, 6.07) is 11.2. The smallest absolute Gasteiger partial charge is 0.262 e. The molecule has 0 radical (unpaired) electrons. The number of rotatable bonds is 11. The van der Waals surface area contributed by atoms with Crippen LogP contribution in [0.4, 0.5) is 0 Å². The van der Waals surface area contributed by atoms with E-state index in [4.69, 9.17) is 4.74 Å². The molecule has 2 amide bonds. The summed E-state index contributed by atoms with van der Waals surface area (Å²) in [5.74, 6) is 0.121. The lowest BCUT2D eigenvalue weighted by atomic mass is 9.92. The van der Waals surface area contributed by atoms with Gasteiger partial charge in [-0.05, 0) is 29.0 Å². The highest BCUT2D eigenvalue weighted by Crippen LogP contribution is 2.21. The number of morpholine rings is 1. The maximum absolute atomic E-state index is 13.5. The fourth-order valence-corrected chi connectivity index (χ4v) is 5.66. The number of ether oxygens (including phenoxy) is 1. The van der Waals surface area contributed by atoms with E-state index in [0.29, 0.717) is 23.8 Å². The van der Waals surface area contributed by atoms with Gasteiger partial charge in [0.25, 0.3) is 5.91 Å². The third-order valence-corrected chi connectivity index (χ3v) is 7.93. The first-order valence-corrected chi connectivity index (χ1v) is 13.5. The Morgan fingerprint density at radius 2 is 1.89 bits per heavy atom. The predicted octanol–water partition coefficient (Wildman–Crippen LogP) is 3.82. The van der Waals surface area contributed by atoms with Gasteiger partial charge in [0, 0.05) is 49.2 Å². The van der Waals surface area contributed by atoms with Crippen LogP contribution < -0.4 is 10.6 Å². The maximum Gasteiger partial charge on any atom is 0.262 e. The predicted molar refractivity (Wildman–Crippen MR) is 141 cm³/mol. The van der Waals surface area contributed by atoms with Crippen molar-refractivity contribution in [3.05, 3.63) is 58.4 Å². The zero-order valence-electron chi connectivity index (χ0n) is 20.6. The number of nitrogens with zero attached hydrogens (tertiary/aromatic N) is 1. The molecule has 8 heteroatoms. The van der Waals surface area contributed by atoms with E-state index < -0.39 is 6.04 Å². The number of amides is 2. The van der Waals surface area contributed by atoms with Crippen molar-refractivity contribution in [3.63, 3.8) is 0 Å². The zero-order valence-corrected chi connectivity index (χ0v) is 21.4.